The zero-order chi connectivity index (χ0) is 20.4. The summed E-state index contributed by atoms with van der Waals surface area (Å²) in [5.74, 6) is -1.44. The topological polar surface area (TPSA) is 75.3 Å². The highest BCUT2D eigenvalue weighted by atomic mass is 32.2. The number of hydrogen-bond donors (Lipinski definition) is 2. The van der Waals surface area contributed by atoms with Gasteiger partial charge in [-0.2, -0.15) is 0 Å². The molecule has 1 unspecified atom stereocenters. The summed E-state index contributed by atoms with van der Waals surface area (Å²) in [6.45, 7) is 9.10. The Morgan fingerprint density at radius 2 is 1.74 bits per heavy atom. The fourth-order valence-electron chi connectivity index (χ4n) is 2.82. The molecular formula is C20H25FN2O3S. The lowest BCUT2D eigenvalue weighted by atomic mass is 9.98. The van der Waals surface area contributed by atoms with E-state index in [0.29, 0.717) is 0 Å². The molecule has 1 atom stereocenters. The maximum absolute atomic E-state index is 14.2. The molecule has 0 aliphatic heterocycles. The first-order chi connectivity index (χ1) is 12.5. The van der Waals surface area contributed by atoms with Crippen molar-refractivity contribution in [3.8, 4) is 0 Å². The van der Waals surface area contributed by atoms with Gasteiger partial charge in [-0.05, 0) is 69.5 Å². The number of carbonyl (C=O) groups is 1. The van der Waals surface area contributed by atoms with Gasteiger partial charge in [-0.3, -0.25) is 4.79 Å². The molecule has 0 radical (unpaired) electrons. The van der Waals surface area contributed by atoms with Crippen LogP contribution in [0.1, 0.15) is 53.9 Å². The zero-order valence-corrected chi connectivity index (χ0v) is 16.9. The van der Waals surface area contributed by atoms with Crippen LogP contribution in [0.15, 0.2) is 41.3 Å². The second kappa shape index (κ2) is 8.19. The van der Waals surface area contributed by atoms with Gasteiger partial charge < -0.3 is 5.32 Å². The van der Waals surface area contributed by atoms with E-state index in [2.05, 4.69) is 10.0 Å². The van der Waals surface area contributed by atoms with E-state index in [1.165, 1.54) is 0 Å². The van der Waals surface area contributed by atoms with E-state index in [4.69, 9.17) is 0 Å². The monoisotopic (exact) mass is 392 g/mol. The van der Waals surface area contributed by atoms with Gasteiger partial charge in [-0.1, -0.05) is 18.2 Å². The molecule has 0 aromatic heterocycles. The molecule has 0 fully saturated rings. The van der Waals surface area contributed by atoms with Gasteiger partial charge in [0.15, 0.2) is 0 Å². The van der Waals surface area contributed by atoms with Crippen molar-refractivity contribution >= 4 is 15.9 Å². The molecule has 2 aromatic carbocycles. The Labute approximate surface area is 160 Å². The van der Waals surface area contributed by atoms with Crippen molar-refractivity contribution < 1.29 is 17.6 Å². The third-order valence-corrected chi connectivity index (χ3v) is 6.00. The predicted molar refractivity (Wildman–Crippen MR) is 104 cm³/mol. The number of hydrogen-bond acceptors (Lipinski definition) is 3. The maximum Gasteiger partial charge on any atom is 0.254 e. The summed E-state index contributed by atoms with van der Waals surface area (Å²) < 4.78 is 41.2. The van der Waals surface area contributed by atoms with Crippen molar-refractivity contribution in [2.24, 2.45) is 0 Å². The Hall–Kier alpha value is -2.25. The fraction of sp³-hybridized carbons (Fsp3) is 0.350. The summed E-state index contributed by atoms with van der Waals surface area (Å²) in [4.78, 5) is 12.4. The fourth-order valence-corrected chi connectivity index (χ4v) is 4.10. The summed E-state index contributed by atoms with van der Waals surface area (Å²) in [5.41, 5.74) is 2.75. The molecule has 2 rings (SSSR count). The second-order valence-corrected chi connectivity index (χ2v) is 8.62. The van der Waals surface area contributed by atoms with E-state index in [0.717, 1.165) is 34.9 Å². The van der Waals surface area contributed by atoms with Crippen LogP contribution in [0.5, 0.6) is 0 Å². The molecule has 0 aliphatic rings. The quantitative estimate of drug-likeness (QED) is 0.788. The van der Waals surface area contributed by atoms with Crippen LogP contribution >= 0.6 is 0 Å². The highest BCUT2D eigenvalue weighted by Crippen LogP contribution is 2.22. The van der Waals surface area contributed by atoms with Gasteiger partial charge in [0.1, 0.15) is 5.82 Å². The Kier molecular flexibility index (Phi) is 6.38. The molecule has 2 N–H and O–H groups in total. The van der Waals surface area contributed by atoms with Crippen molar-refractivity contribution in [2.45, 2.75) is 51.6 Å². The van der Waals surface area contributed by atoms with Gasteiger partial charge in [0.25, 0.3) is 5.91 Å². The van der Waals surface area contributed by atoms with E-state index >= 15 is 0 Å². The van der Waals surface area contributed by atoms with Crippen molar-refractivity contribution in [3.05, 3.63) is 64.5 Å². The lowest BCUT2D eigenvalue weighted by Gasteiger charge is -2.18. The minimum atomic E-state index is -3.82. The number of sulfonamides is 1. The van der Waals surface area contributed by atoms with Gasteiger partial charge >= 0.3 is 0 Å². The number of benzene rings is 2. The van der Waals surface area contributed by atoms with E-state index in [9.17, 15) is 17.6 Å². The van der Waals surface area contributed by atoms with Crippen LogP contribution < -0.4 is 10.0 Å². The number of halogens is 1. The highest BCUT2D eigenvalue weighted by molar-refractivity contribution is 7.89. The zero-order valence-electron chi connectivity index (χ0n) is 16.1. The Balaban J connectivity index is 2.31. The normalized spacial score (nSPS) is 12.9. The molecule has 0 aliphatic carbocycles. The van der Waals surface area contributed by atoms with Crippen LogP contribution in [0.2, 0.25) is 0 Å². The lowest BCUT2D eigenvalue weighted by Crippen LogP contribution is -2.31. The SMILES string of the molecule is Cc1cccc(C(C)NC(=O)c2cc(S(=O)(=O)NC(C)C)ccc2F)c1C. The minimum absolute atomic E-state index is 0.151. The van der Waals surface area contributed by atoms with E-state index in [1.807, 2.05) is 32.0 Å². The lowest BCUT2D eigenvalue weighted by molar-refractivity contribution is 0.0935. The number of nitrogens with one attached hydrogen (secondary N) is 2. The summed E-state index contributed by atoms with van der Waals surface area (Å²) in [6, 6.07) is 8.29. The number of amides is 1. The summed E-state index contributed by atoms with van der Waals surface area (Å²) >= 11 is 0. The minimum Gasteiger partial charge on any atom is -0.345 e. The molecule has 7 heteroatoms. The standard InChI is InChI=1S/C20H25FN2O3S/c1-12(2)23-27(25,26)16-9-10-19(21)18(11-16)20(24)22-15(5)17-8-6-7-13(3)14(17)4/h6-12,15,23H,1-5H3,(H,22,24). The van der Waals surface area contributed by atoms with Crippen molar-refractivity contribution in [3.63, 3.8) is 0 Å². The second-order valence-electron chi connectivity index (χ2n) is 6.90. The van der Waals surface area contributed by atoms with Gasteiger partial charge in [0.2, 0.25) is 10.0 Å². The molecule has 0 bridgehead atoms. The Morgan fingerprint density at radius 3 is 2.37 bits per heavy atom. The molecular weight excluding hydrogens is 367 g/mol. The Morgan fingerprint density at radius 1 is 1.07 bits per heavy atom. The van der Waals surface area contributed by atoms with Crippen LogP contribution in [-0.4, -0.2) is 20.4 Å². The average molecular weight is 392 g/mol. The average Bonchev–Trinajstić information content (AvgIpc) is 2.56. The van der Waals surface area contributed by atoms with Crippen LogP contribution in [0.3, 0.4) is 0 Å². The third-order valence-electron chi connectivity index (χ3n) is 4.34. The van der Waals surface area contributed by atoms with Gasteiger partial charge in [0.05, 0.1) is 16.5 Å². The summed E-state index contributed by atoms with van der Waals surface area (Å²) in [6.07, 6.45) is 0. The first kappa shape index (κ1) is 21.1. The molecule has 0 saturated carbocycles. The van der Waals surface area contributed by atoms with E-state index in [1.54, 1.807) is 20.8 Å². The van der Waals surface area contributed by atoms with Crippen molar-refractivity contribution in [1.29, 1.82) is 0 Å². The van der Waals surface area contributed by atoms with Crippen molar-refractivity contribution in [2.75, 3.05) is 0 Å². The molecule has 1 amide bonds. The Bertz CT molecular complexity index is 956. The van der Waals surface area contributed by atoms with E-state index < -0.39 is 21.7 Å². The molecule has 0 spiro atoms. The number of rotatable bonds is 6. The predicted octanol–water partition coefficient (Wildman–Crippen LogP) is 3.62. The first-order valence-electron chi connectivity index (χ1n) is 8.71. The molecule has 5 nitrogen and oxygen atoms in total. The smallest absolute Gasteiger partial charge is 0.254 e. The van der Waals surface area contributed by atoms with Gasteiger partial charge in [0, 0.05) is 6.04 Å². The van der Waals surface area contributed by atoms with Crippen LogP contribution in [-0.2, 0) is 10.0 Å². The molecule has 146 valence electrons. The van der Waals surface area contributed by atoms with E-state index in [-0.39, 0.29) is 22.5 Å². The van der Waals surface area contributed by atoms with Crippen LogP contribution in [0.25, 0.3) is 0 Å². The van der Waals surface area contributed by atoms with Crippen molar-refractivity contribution in [1.82, 2.24) is 10.0 Å². The van der Waals surface area contributed by atoms with Crippen LogP contribution in [0, 0.1) is 19.7 Å². The van der Waals surface area contributed by atoms with Gasteiger partial charge in [-0.15, -0.1) is 0 Å². The number of aryl methyl sites for hydroxylation is 1. The maximum atomic E-state index is 14.2. The summed E-state index contributed by atoms with van der Waals surface area (Å²) in [7, 11) is -3.82. The molecule has 0 heterocycles. The molecule has 0 saturated heterocycles. The molecule has 2 aromatic rings. The van der Waals surface area contributed by atoms with Crippen LogP contribution in [0.4, 0.5) is 4.39 Å². The van der Waals surface area contributed by atoms with Gasteiger partial charge in [-0.25, -0.2) is 17.5 Å². The largest absolute Gasteiger partial charge is 0.345 e. The highest BCUT2D eigenvalue weighted by Gasteiger charge is 2.21. The third kappa shape index (κ3) is 4.93. The first-order valence-corrected chi connectivity index (χ1v) is 10.2. The number of carbonyl (C=O) groups excluding carboxylic acids is 1. The molecule has 27 heavy (non-hydrogen) atoms. The summed E-state index contributed by atoms with van der Waals surface area (Å²) in [5, 5.41) is 2.75.